The third kappa shape index (κ3) is 8.46. The quantitative estimate of drug-likeness (QED) is 0.281. The van der Waals surface area contributed by atoms with E-state index in [0.29, 0.717) is 0 Å². The number of carbonyl (C=O) groups excluding carboxylic acids is 2. The van der Waals surface area contributed by atoms with Gasteiger partial charge < -0.3 is 10.2 Å². The number of halogens is 3. The minimum Gasteiger partial charge on any atom is -0.352 e. The minimum absolute atomic E-state index is 0.0290. The Morgan fingerprint density at radius 1 is 0.952 bits per heavy atom. The van der Waals surface area contributed by atoms with Crippen LogP contribution in [0.15, 0.2) is 72.8 Å². The Bertz CT molecular complexity index is 1500. The normalized spacial score (nSPS) is 14.7. The summed E-state index contributed by atoms with van der Waals surface area (Å²) in [5.41, 5.74) is 1.14. The molecule has 7 nitrogen and oxygen atoms in total. The smallest absolute Gasteiger partial charge is 0.244 e. The molecule has 11 heteroatoms. The van der Waals surface area contributed by atoms with Crippen molar-refractivity contribution in [3.8, 4) is 0 Å². The molecule has 1 fully saturated rings. The molecule has 1 atom stereocenters. The highest BCUT2D eigenvalue weighted by Gasteiger charge is 2.34. The Hall–Kier alpha value is -3.14. The lowest BCUT2D eigenvalue weighted by Crippen LogP contribution is -2.55. The number of hydrogen-bond acceptors (Lipinski definition) is 4. The summed E-state index contributed by atoms with van der Waals surface area (Å²) in [6, 6.07) is 18.4. The van der Waals surface area contributed by atoms with Crippen molar-refractivity contribution in [3.05, 3.63) is 99.8 Å². The van der Waals surface area contributed by atoms with Gasteiger partial charge in [0, 0.05) is 24.6 Å². The van der Waals surface area contributed by atoms with E-state index in [4.69, 9.17) is 23.2 Å². The van der Waals surface area contributed by atoms with Crippen molar-refractivity contribution >= 4 is 50.7 Å². The first-order valence-electron chi connectivity index (χ1n) is 13.8. The molecule has 0 aromatic heterocycles. The zero-order valence-electron chi connectivity index (χ0n) is 23.3. The van der Waals surface area contributed by atoms with Gasteiger partial charge in [-0.1, -0.05) is 91.0 Å². The van der Waals surface area contributed by atoms with E-state index in [-0.39, 0.29) is 46.2 Å². The Morgan fingerprint density at radius 2 is 1.62 bits per heavy atom. The zero-order valence-corrected chi connectivity index (χ0v) is 25.6. The van der Waals surface area contributed by atoms with Gasteiger partial charge in [0.2, 0.25) is 21.8 Å². The molecule has 2 amide bonds. The second-order valence-electron chi connectivity index (χ2n) is 10.5. The summed E-state index contributed by atoms with van der Waals surface area (Å²) in [4.78, 5) is 29.3. The Balaban J connectivity index is 1.74. The standard InChI is InChI=1S/C31H34Cl2FN3O4S/c1-42(40,41)37(25-16-17-26(32)27(33)19-25)21-30(38)36(20-23-12-8-9-15-28(23)34)29(18-22-10-4-2-5-11-22)31(39)35-24-13-6-3-7-14-24/h2,4-5,8-12,15-17,19,24,29H,3,6-7,13-14,18,20-21H2,1H3,(H,35,39)/t29-/m1/s1. The van der Waals surface area contributed by atoms with Crippen molar-refractivity contribution in [1.29, 1.82) is 0 Å². The zero-order chi connectivity index (χ0) is 30.3. The van der Waals surface area contributed by atoms with Crippen molar-refractivity contribution in [2.45, 2.75) is 57.2 Å². The van der Waals surface area contributed by atoms with E-state index in [1.165, 1.54) is 35.2 Å². The maximum absolute atomic E-state index is 14.9. The van der Waals surface area contributed by atoms with Gasteiger partial charge in [-0.15, -0.1) is 0 Å². The molecule has 3 aromatic rings. The molecular weight excluding hydrogens is 600 g/mol. The van der Waals surface area contributed by atoms with Gasteiger partial charge in [-0.25, -0.2) is 12.8 Å². The van der Waals surface area contributed by atoms with Crippen molar-refractivity contribution in [1.82, 2.24) is 10.2 Å². The molecule has 1 aliphatic rings. The third-order valence-corrected chi connectivity index (χ3v) is 9.27. The van der Waals surface area contributed by atoms with Crippen LogP contribution in [-0.2, 0) is 32.6 Å². The van der Waals surface area contributed by atoms with Crippen LogP contribution in [0, 0.1) is 5.82 Å². The maximum Gasteiger partial charge on any atom is 0.244 e. The average Bonchev–Trinajstić information content (AvgIpc) is 2.96. The minimum atomic E-state index is -3.98. The van der Waals surface area contributed by atoms with Gasteiger partial charge in [0.1, 0.15) is 18.4 Å². The molecule has 0 unspecified atom stereocenters. The lowest BCUT2D eigenvalue weighted by molar-refractivity contribution is -0.140. The number of nitrogens with zero attached hydrogens (tertiary/aromatic N) is 2. The fourth-order valence-electron chi connectivity index (χ4n) is 5.16. The van der Waals surface area contributed by atoms with Gasteiger partial charge in [0.25, 0.3) is 0 Å². The molecule has 0 aliphatic heterocycles. The van der Waals surface area contributed by atoms with Gasteiger partial charge in [-0.3, -0.25) is 13.9 Å². The van der Waals surface area contributed by atoms with E-state index in [2.05, 4.69) is 5.32 Å². The van der Waals surface area contributed by atoms with Crippen LogP contribution in [0.2, 0.25) is 10.0 Å². The summed E-state index contributed by atoms with van der Waals surface area (Å²) < 4.78 is 41.6. The van der Waals surface area contributed by atoms with Crippen LogP contribution in [0.3, 0.4) is 0 Å². The number of hydrogen-bond donors (Lipinski definition) is 1. The van der Waals surface area contributed by atoms with E-state index in [1.807, 2.05) is 30.3 Å². The lowest BCUT2D eigenvalue weighted by atomic mass is 9.94. The molecule has 1 saturated carbocycles. The Kier molecular flexibility index (Phi) is 10.9. The number of sulfonamides is 1. The number of carbonyl (C=O) groups is 2. The van der Waals surface area contributed by atoms with Gasteiger partial charge in [-0.2, -0.15) is 0 Å². The second-order valence-corrected chi connectivity index (χ2v) is 13.3. The fraction of sp³-hybridized carbons (Fsp3) is 0.355. The molecule has 1 N–H and O–H groups in total. The van der Waals surface area contributed by atoms with E-state index >= 15 is 0 Å². The first-order valence-corrected chi connectivity index (χ1v) is 16.4. The SMILES string of the molecule is CS(=O)(=O)N(CC(=O)N(Cc1ccccc1F)[C@H](Cc1ccccc1)C(=O)NC1CCCCC1)c1ccc(Cl)c(Cl)c1. The average molecular weight is 635 g/mol. The highest BCUT2D eigenvalue weighted by molar-refractivity contribution is 7.92. The van der Waals surface area contributed by atoms with Crippen LogP contribution < -0.4 is 9.62 Å². The summed E-state index contributed by atoms with van der Waals surface area (Å²) in [6.45, 7) is -0.868. The van der Waals surface area contributed by atoms with Gasteiger partial charge >= 0.3 is 0 Å². The molecule has 0 radical (unpaired) electrons. The molecule has 0 heterocycles. The summed E-state index contributed by atoms with van der Waals surface area (Å²) in [5.74, 6) is -1.57. The lowest BCUT2D eigenvalue weighted by Gasteiger charge is -2.35. The largest absolute Gasteiger partial charge is 0.352 e. The molecule has 1 aliphatic carbocycles. The molecule has 0 saturated heterocycles. The molecular formula is C31H34Cl2FN3O4S. The Labute approximate surface area is 256 Å². The van der Waals surface area contributed by atoms with Crippen LogP contribution in [0.25, 0.3) is 0 Å². The molecule has 42 heavy (non-hydrogen) atoms. The predicted octanol–water partition coefficient (Wildman–Crippen LogP) is 5.99. The molecule has 0 spiro atoms. The van der Waals surface area contributed by atoms with Crippen LogP contribution in [0.1, 0.15) is 43.2 Å². The number of benzene rings is 3. The molecule has 3 aromatic carbocycles. The van der Waals surface area contributed by atoms with Crippen LogP contribution in [0.4, 0.5) is 10.1 Å². The first kappa shape index (κ1) is 31.8. The number of amides is 2. The van der Waals surface area contributed by atoms with Crippen molar-refractivity contribution < 1.29 is 22.4 Å². The first-order chi connectivity index (χ1) is 20.0. The topological polar surface area (TPSA) is 86.8 Å². The summed E-state index contributed by atoms with van der Waals surface area (Å²) in [5, 5.41) is 3.46. The van der Waals surface area contributed by atoms with Gasteiger partial charge in [0.05, 0.1) is 22.0 Å². The molecule has 0 bridgehead atoms. The van der Waals surface area contributed by atoms with Crippen molar-refractivity contribution in [3.63, 3.8) is 0 Å². The van der Waals surface area contributed by atoms with E-state index in [9.17, 15) is 22.4 Å². The van der Waals surface area contributed by atoms with E-state index in [0.717, 1.165) is 48.2 Å². The number of anilines is 1. The van der Waals surface area contributed by atoms with E-state index in [1.54, 1.807) is 12.1 Å². The highest BCUT2D eigenvalue weighted by Crippen LogP contribution is 2.29. The third-order valence-electron chi connectivity index (χ3n) is 7.39. The monoisotopic (exact) mass is 633 g/mol. The van der Waals surface area contributed by atoms with E-state index < -0.39 is 34.3 Å². The van der Waals surface area contributed by atoms with Gasteiger partial charge in [0.15, 0.2) is 0 Å². The van der Waals surface area contributed by atoms with Crippen molar-refractivity contribution in [2.75, 3.05) is 17.1 Å². The Morgan fingerprint density at radius 3 is 2.26 bits per heavy atom. The maximum atomic E-state index is 14.9. The summed E-state index contributed by atoms with van der Waals surface area (Å²) >= 11 is 12.2. The van der Waals surface area contributed by atoms with Gasteiger partial charge in [-0.05, 0) is 42.7 Å². The summed E-state index contributed by atoms with van der Waals surface area (Å²) in [6.07, 6.45) is 5.91. The fourth-order valence-corrected chi connectivity index (χ4v) is 6.30. The van der Waals surface area contributed by atoms with Crippen LogP contribution in [-0.4, -0.2) is 50.0 Å². The molecule has 4 rings (SSSR count). The van der Waals surface area contributed by atoms with Crippen LogP contribution >= 0.6 is 23.2 Å². The van der Waals surface area contributed by atoms with Crippen molar-refractivity contribution in [2.24, 2.45) is 0 Å². The number of nitrogens with one attached hydrogen (secondary N) is 1. The molecule has 224 valence electrons. The second kappa shape index (κ2) is 14.4. The van der Waals surface area contributed by atoms with Crippen LogP contribution in [0.5, 0.6) is 0 Å². The highest BCUT2D eigenvalue weighted by atomic mass is 35.5. The summed E-state index contributed by atoms with van der Waals surface area (Å²) in [7, 11) is -3.98. The number of rotatable bonds is 11. The predicted molar refractivity (Wildman–Crippen MR) is 165 cm³/mol.